The van der Waals surface area contributed by atoms with Crippen molar-refractivity contribution in [1.82, 2.24) is 10.1 Å². The van der Waals surface area contributed by atoms with Gasteiger partial charge in [0.25, 0.3) is 0 Å². The zero-order chi connectivity index (χ0) is 29.0. The van der Waals surface area contributed by atoms with E-state index in [1.54, 1.807) is 26.0 Å². The van der Waals surface area contributed by atoms with Gasteiger partial charge in [0.05, 0.1) is 29.8 Å². The van der Waals surface area contributed by atoms with Crippen molar-refractivity contribution in [2.45, 2.75) is 91.6 Å². The van der Waals surface area contributed by atoms with Gasteiger partial charge in [-0.2, -0.15) is 0 Å². The summed E-state index contributed by atoms with van der Waals surface area (Å²) in [6.07, 6.45) is 2.45. The van der Waals surface area contributed by atoms with E-state index >= 15 is 0 Å². The Kier molecular flexibility index (Phi) is 9.58. The summed E-state index contributed by atoms with van der Waals surface area (Å²) in [4.78, 5) is 43.0. The van der Waals surface area contributed by atoms with Crippen molar-refractivity contribution >= 4 is 37.4 Å². The maximum atomic E-state index is 13.2. The molecule has 0 unspecified atom stereocenters. The lowest BCUT2D eigenvalue weighted by molar-refractivity contribution is -0.164. The van der Waals surface area contributed by atoms with Crippen LogP contribution in [0.3, 0.4) is 0 Å². The van der Waals surface area contributed by atoms with Gasteiger partial charge >= 0.3 is 12.1 Å². The lowest BCUT2D eigenvalue weighted by Crippen LogP contribution is -2.39. The second-order valence-electron chi connectivity index (χ2n) is 12.4. The maximum Gasteiger partial charge on any atom is 0.411 e. The molecule has 10 nitrogen and oxygen atoms in total. The van der Waals surface area contributed by atoms with E-state index in [4.69, 9.17) is 14.0 Å². The van der Waals surface area contributed by atoms with Gasteiger partial charge in [-0.1, -0.05) is 37.6 Å². The Balaban J connectivity index is 1.71. The molecule has 0 radical (unpaired) electrons. The first-order valence-corrected chi connectivity index (χ1v) is 17.3. The number of carbonyl (C=O) groups excluding carboxylic acids is 3. The van der Waals surface area contributed by atoms with Crippen LogP contribution < -0.4 is 10.6 Å². The summed E-state index contributed by atoms with van der Waals surface area (Å²) in [5.74, 6) is -1.18. The number of pyridine rings is 1. The Morgan fingerprint density at radius 1 is 1.03 bits per heavy atom. The molecule has 1 aliphatic carbocycles. The van der Waals surface area contributed by atoms with Crippen molar-refractivity contribution in [2.24, 2.45) is 11.8 Å². The fourth-order valence-corrected chi connectivity index (χ4v) is 5.14. The first-order valence-electron chi connectivity index (χ1n) is 13.6. The molecule has 2 aromatic rings. The molecule has 3 rings (SSSR count). The van der Waals surface area contributed by atoms with Crippen molar-refractivity contribution in [3.8, 4) is 11.5 Å². The number of hydrogen-bond acceptors (Lipinski definition) is 8. The summed E-state index contributed by atoms with van der Waals surface area (Å²) < 4.78 is 16.4. The number of anilines is 2. The van der Waals surface area contributed by atoms with Gasteiger partial charge in [-0.15, -0.1) is 0 Å². The molecule has 2 amide bonds. The van der Waals surface area contributed by atoms with Crippen molar-refractivity contribution in [2.75, 3.05) is 17.2 Å². The average Bonchev–Trinajstić information content (AvgIpc) is 3.18. The second-order valence-corrected chi connectivity index (χ2v) is 18.0. The molecule has 11 heteroatoms. The SMILES string of the molecule is Cc1nc(-c2onc(C)c2NC(=O)OCC[Si](C)(C)C)ccc1NC(=O)[C@H]1CCCC[C@@H]1C(=O)OC(C)(C)C. The van der Waals surface area contributed by atoms with Crippen LogP contribution in [0.1, 0.15) is 57.8 Å². The second kappa shape index (κ2) is 12.3. The van der Waals surface area contributed by atoms with Gasteiger partial charge in [-0.3, -0.25) is 14.9 Å². The quantitative estimate of drug-likeness (QED) is 0.284. The van der Waals surface area contributed by atoms with Gasteiger partial charge in [0.1, 0.15) is 22.7 Å². The standard InChI is InChI=1S/C28H42N4O6Si/c1-17-21(30-25(33)19-11-9-10-12-20(19)26(34)37-28(3,4)5)13-14-22(29-17)24-23(18(2)32-38-24)31-27(35)36-15-16-39(6,7)8/h13-14,19-20H,9-12,15-16H2,1-8H3,(H,30,33)(H,31,35)/t19-,20-/m0/s1. The summed E-state index contributed by atoms with van der Waals surface area (Å²) in [5.41, 5.74) is 1.82. The number of carbonyl (C=O) groups is 3. The number of hydrogen-bond donors (Lipinski definition) is 2. The molecule has 0 spiro atoms. The molecule has 2 N–H and O–H groups in total. The molecule has 1 saturated carbocycles. The van der Waals surface area contributed by atoms with Gasteiger partial charge in [0.15, 0.2) is 0 Å². The molecular formula is C28H42N4O6Si. The highest BCUT2D eigenvalue weighted by molar-refractivity contribution is 6.76. The molecule has 2 aromatic heterocycles. The maximum absolute atomic E-state index is 13.2. The molecule has 39 heavy (non-hydrogen) atoms. The molecule has 0 bridgehead atoms. The van der Waals surface area contributed by atoms with Crippen LogP contribution in [0.15, 0.2) is 16.7 Å². The minimum absolute atomic E-state index is 0.220. The summed E-state index contributed by atoms with van der Waals surface area (Å²) in [6.45, 7) is 16.0. The van der Waals surface area contributed by atoms with Crippen LogP contribution in [-0.2, 0) is 19.1 Å². The van der Waals surface area contributed by atoms with E-state index in [1.807, 2.05) is 20.8 Å². The predicted octanol–water partition coefficient (Wildman–Crippen LogP) is 6.33. The van der Waals surface area contributed by atoms with Crippen molar-refractivity contribution in [3.05, 3.63) is 23.5 Å². The average molecular weight is 559 g/mol. The van der Waals surface area contributed by atoms with Crippen LogP contribution in [0.2, 0.25) is 25.7 Å². The Bertz CT molecular complexity index is 1200. The molecule has 1 aliphatic rings. The van der Waals surface area contributed by atoms with Gasteiger partial charge in [0.2, 0.25) is 11.7 Å². The topological polar surface area (TPSA) is 133 Å². The van der Waals surface area contributed by atoms with E-state index in [0.29, 0.717) is 53.7 Å². The Hall–Kier alpha value is -3.21. The molecular weight excluding hydrogens is 516 g/mol. The van der Waals surface area contributed by atoms with Crippen molar-refractivity contribution in [3.63, 3.8) is 0 Å². The number of amides is 2. The highest BCUT2D eigenvalue weighted by atomic mass is 28.3. The van der Waals surface area contributed by atoms with E-state index in [9.17, 15) is 14.4 Å². The van der Waals surface area contributed by atoms with E-state index in [0.717, 1.165) is 18.9 Å². The summed E-state index contributed by atoms with van der Waals surface area (Å²) >= 11 is 0. The van der Waals surface area contributed by atoms with Crippen LogP contribution in [0.25, 0.3) is 11.5 Å². The zero-order valence-electron chi connectivity index (χ0n) is 24.4. The first-order chi connectivity index (χ1) is 18.1. The predicted molar refractivity (Wildman–Crippen MR) is 152 cm³/mol. The van der Waals surface area contributed by atoms with Gasteiger partial charge in [0, 0.05) is 8.07 Å². The fraction of sp³-hybridized carbons (Fsp3) is 0.607. The van der Waals surface area contributed by atoms with Gasteiger partial charge < -0.3 is 19.3 Å². The molecule has 1 fully saturated rings. The smallest absolute Gasteiger partial charge is 0.411 e. The third kappa shape index (κ3) is 8.64. The molecule has 0 saturated heterocycles. The van der Waals surface area contributed by atoms with E-state index in [2.05, 4.69) is 40.4 Å². The van der Waals surface area contributed by atoms with Crippen LogP contribution >= 0.6 is 0 Å². The highest BCUT2D eigenvalue weighted by Crippen LogP contribution is 2.34. The normalized spacial score (nSPS) is 17.8. The highest BCUT2D eigenvalue weighted by Gasteiger charge is 2.38. The summed E-state index contributed by atoms with van der Waals surface area (Å²) in [7, 11) is -1.33. The van der Waals surface area contributed by atoms with Gasteiger partial charge in [-0.25, -0.2) is 9.78 Å². The minimum atomic E-state index is -1.33. The third-order valence-electron chi connectivity index (χ3n) is 6.56. The minimum Gasteiger partial charge on any atom is -0.460 e. The number of nitrogens with one attached hydrogen (secondary N) is 2. The van der Waals surface area contributed by atoms with Crippen LogP contribution in [0.5, 0.6) is 0 Å². The molecule has 2 atom stereocenters. The van der Waals surface area contributed by atoms with E-state index in [-0.39, 0.29) is 11.9 Å². The van der Waals surface area contributed by atoms with E-state index in [1.165, 1.54) is 0 Å². The summed E-state index contributed by atoms with van der Waals surface area (Å²) in [5, 5.41) is 9.67. The third-order valence-corrected chi connectivity index (χ3v) is 8.27. The number of ether oxygens (including phenoxy) is 2. The Labute approximate surface area is 231 Å². The van der Waals surface area contributed by atoms with Crippen LogP contribution in [-0.4, -0.2) is 48.4 Å². The van der Waals surface area contributed by atoms with Crippen molar-refractivity contribution < 1.29 is 28.4 Å². The number of aryl methyl sites for hydroxylation is 2. The Morgan fingerprint density at radius 3 is 2.31 bits per heavy atom. The summed E-state index contributed by atoms with van der Waals surface area (Å²) in [6, 6.07) is 4.29. The monoisotopic (exact) mass is 558 g/mol. The van der Waals surface area contributed by atoms with Gasteiger partial charge in [-0.05, 0) is 65.6 Å². The van der Waals surface area contributed by atoms with Crippen molar-refractivity contribution in [1.29, 1.82) is 0 Å². The number of nitrogens with zero attached hydrogens (tertiary/aromatic N) is 2. The molecule has 2 heterocycles. The number of rotatable bonds is 8. The molecule has 214 valence electrons. The number of aromatic nitrogens is 2. The Morgan fingerprint density at radius 2 is 1.69 bits per heavy atom. The zero-order valence-corrected chi connectivity index (χ0v) is 25.4. The number of esters is 1. The molecule has 0 aliphatic heterocycles. The van der Waals surface area contributed by atoms with Crippen LogP contribution in [0, 0.1) is 25.7 Å². The largest absolute Gasteiger partial charge is 0.460 e. The van der Waals surface area contributed by atoms with Crippen LogP contribution in [0.4, 0.5) is 16.2 Å². The fourth-order valence-electron chi connectivity index (χ4n) is 4.43. The lowest BCUT2D eigenvalue weighted by Gasteiger charge is -2.31. The van der Waals surface area contributed by atoms with E-state index < -0.39 is 31.6 Å². The molecule has 0 aromatic carbocycles. The first kappa shape index (κ1) is 30.3. The lowest BCUT2D eigenvalue weighted by atomic mass is 9.78.